The van der Waals surface area contributed by atoms with Crippen LogP contribution in [0.1, 0.15) is 45.7 Å². The number of carbonyl (C=O) groups excluding carboxylic acids is 2. The van der Waals surface area contributed by atoms with Gasteiger partial charge < -0.3 is 10.2 Å². The Kier molecular flexibility index (Phi) is 4.42. The highest BCUT2D eigenvalue weighted by atomic mass is 32.1. The van der Waals surface area contributed by atoms with Gasteiger partial charge in [-0.1, -0.05) is 13.8 Å². The number of hydrogen-bond acceptors (Lipinski definition) is 4. The first-order chi connectivity index (χ1) is 9.38. The minimum Gasteiger partial charge on any atom is -0.339 e. The van der Waals surface area contributed by atoms with E-state index in [0.29, 0.717) is 24.0 Å². The van der Waals surface area contributed by atoms with Crippen molar-refractivity contribution in [1.82, 2.24) is 9.88 Å². The number of amides is 2. The van der Waals surface area contributed by atoms with E-state index in [-0.39, 0.29) is 23.8 Å². The number of nitrogens with zero attached hydrogens (tertiary/aromatic N) is 2. The summed E-state index contributed by atoms with van der Waals surface area (Å²) in [6.07, 6.45) is 0.298. The van der Waals surface area contributed by atoms with E-state index in [1.807, 2.05) is 19.2 Å². The molecule has 1 aromatic rings. The predicted molar refractivity (Wildman–Crippen MR) is 79.8 cm³/mol. The average Bonchev–Trinajstić information content (AvgIpc) is 2.95. The van der Waals surface area contributed by atoms with Gasteiger partial charge in [-0.05, 0) is 19.8 Å². The van der Waals surface area contributed by atoms with Crippen molar-refractivity contribution < 1.29 is 9.59 Å². The Bertz CT molecular complexity index is 510. The molecule has 1 aromatic heterocycles. The first kappa shape index (κ1) is 15.0. The molecule has 0 aliphatic carbocycles. The van der Waals surface area contributed by atoms with Crippen LogP contribution in [-0.2, 0) is 9.59 Å². The summed E-state index contributed by atoms with van der Waals surface area (Å²) in [5.41, 5.74) is 0.983. The third-order valence-corrected chi connectivity index (χ3v) is 4.27. The number of likely N-dealkylation sites (tertiary alicyclic amines) is 1. The minimum atomic E-state index is -0.267. The molecule has 0 bridgehead atoms. The van der Waals surface area contributed by atoms with E-state index >= 15 is 0 Å². The fraction of sp³-hybridized carbons (Fsp3) is 0.643. The molecule has 0 spiro atoms. The molecule has 110 valence electrons. The third kappa shape index (κ3) is 3.17. The highest BCUT2D eigenvalue weighted by Crippen LogP contribution is 2.24. The van der Waals surface area contributed by atoms with Crippen LogP contribution in [0.3, 0.4) is 0 Å². The summed E-state index contributed by atoms with van der Waals surface area (Å²) in [5, 5.41) is 5.41. The largest absolute Gasteiger partial charge is 0.339 e. The molecule has 1 fully saturated rings. The molecule has 20 heavy (non-hydrogen) atoms. The van der Waals surface area contributed by atoms with Crippen molar-refractivity contribution in [2.45, 2.75) is 46.1 Å². The molecule has 0 radical (unpaired) electrons. The van der Waals surface area contributed by atoms with Crippen LogP contribution in [0.2, 0.25) is 0 Å². The lowest BCUT2D eigenvalue weighted by Crippen LogP contribution is -2.33. The Balaban J connectivity index is 1.97. The first-order valence-electron chi connectivity index (χ1n) is 6.94. The molecule has 0 saturated carbocycles. The van der Waals surface area contributed by atoms with E-state index in [1.54, 1.807) is 4.90 Å². The number of carbonyl (C=O) groups is 2. The molecule has 0 unspecified atom stereocenters. The van der Waals surface area contributed by atoms with Gasteiger partial charge in [-0.3, -0.25) is 9.59 Å². The number of nitrogens with one attached hydrogen (secondary N) is 1. The SMILES string of the molecule is CC(C)c1csc(NC(=O)[C@H]2CC(=O)N(C(C)C)C2)n1. The Hall–Kier alpha value is -1.43. The topological polar surface area (TPSA) is 62.3 Å². The molecular formula is C14H21N3O2S. The normalized spacial score (nSPS) is 19.2. The second kappa shape index (κ2) is 5.91. The maximum atomic E-state index is 12.2. The lowest BCUT2D eigenvalue weighted by molar-refractivity contribution is -0.129. The zero-order chi connectivity index (χ0) is 14.9. The van der Waals surface area contributed by atoms with Gasteiger partial charge in [-0.25, -0.2) is 4.98 Å². The molecular weight excluding hydrogens is 274 g/mol. The molecule has 0 aromatic carbocycles. The van der Waals surface area contributed by atoms with Crippen LogP contribution in [0.25, 0.3) is 0 Å². The fourth-order valence-corrected chi connectivity index (χ4v) is 3.10. The molecule has 1 aliphatic rings. The zero-order valence-corrected chi connectivity index (χ0v) is 13.2. The molecule has 2 rings (SSSR count). The summed E-state index contributed by atoms with van der Waals surface area (Å²) < 4.78 is 0. The summed E-state index contributed by atoms with van der Waals surface area (Å²) in [7, 11) is 0. The van der Waals surface area contributed by atoms with E-state index in [9.17, 15) is 9.59 Å². The number of aromatic nitrogens is 1. The Morgan fingerprint density at radius 2 is 2.15 bits per heavy atom. The summed E-state index contributed by atoms with van der Waals surface area (Å²) in [5.74, 6) is 0.0333. The first-order valence-corrected chi connectivity index (χ1v) is 7.82. The average molecular weight is 295 g/mol. The van der Waals surface area contributed by atoms with Crippen molar-refractivity contribution in [2.75, 3.05) is 11.9 Å². The van der Waals surface area contributed by atoms with Crippen molar-refractivity contribution in [1.29, 1.82) is 0 Å². The van der Waals surface area contributed by atoms with Gasteiger partial charge >= 0.3 is 0 Å². The Labute approximate surface area is 123 Å². The lowest BCUT2D eigenvalue weighted by Gasteiger charge is -2.20. The molecule has 2 heterocycles. The van der Waals surface area contributed by atoms with E-state index in [0.717, 1.165) is 5.69 Å². The molecule has 2 amide bonds. The summed E-state index contributed by atoms with van der Waals surface area (Å²) >= 11 is 1.43. The highest BCUT2D eigenvalue weighted by molar-refractivity contribution is 7.13. The second-order valence-corrected chi connectivity index (χ2v) is 6.62. The van der Waals surface area contributed by atoms with Crippen molar-refractivity contribution in [2.24, 2.45) is 5.92 Å². The molecule has 1 saturated heterocycles. The maximum Gasteiger partial charge on any atom is 0.231 e. The van der Waals surface area contributed by atoms with Crippen molar-refractivity contribution in [3.63, 3.8) is 0 Å². The van der Waals surface area contributed by atoms with Crippen molar-refractivity contribution in [3.05, 3.63) is 11.1 Å². The molecule has 1 N–H and O–H groups in total. The predicted octanol–water partition coefficient (Wildman–Crippen LogP) is 2.46. The maximum absolute atomic E-state index is 12.2. The van der Waals surface area contributed by atoms with Crippen LogP contribution < -0.4 is 5.32 Å². The van der Waals surface area contributed by atoms with Crippen molar-refractivity contribution in [3.8, 4) is 0 Å². The monoisotopic (exact) mass is 295 g/mol. The second-order valence-electron chi connectivity index (χ2n) is 5.76. The Morgan fingerprint density at radius 1 is 1.45 bits per heavy atom. The fourth-order valence-electron chi connectivity index (χ4n) is 2.22. The molecule has 1 aliphatic heterocycles. The number of thiazole rings is 1. The van der Waals surface area contributed by atoms with Gasteiger partial charge in [0, 0.05) is 24.4 Å². The Morgan fingerprint density at radius 3 is 2.65 bits per heavy atom. The van der Waals surface area contributed by atoms with Crippen LogP contribution in [0, 0.1) is 5.92 Å². The number of hydrogen-bond donors (Lipinski definition) is 1. The van der Waals surface area contributed by atoms with Gasteiger partial charge in [0.25, 0.3) is 0 Å². The van der Waals surface area contributed by atoms with Gasteiger partial charge in [-0.2, -0.15) is 0 Å². The van der Waals surface area contributed by atoms with Gasteiger partial charge in [0.2, 0.25) is 11.8 Å². The van der Waals surface area contributed by atoms with Gasteiger partial charge in [-0.15, -0.1) is 11.3 Å². The number of anilines is 1. The standard InChI is InChI=1S/C14H21N3O2S/c1-8(2)11-7-20-14(15-11)16-13(19)10-5-12(18)17(6-10)9(3)4/h7-10H,5-6H2,1-4H3,(H,15,16,19)/t10-/m0/s1. The molecule has 5 nitrogen and oxygen atoms in total. The van der Waals surface area contributed by atoms with Gasteiger partial charge in [0.15, 0.2) is 5.13 Å². The van der Waals surface area contributed by atoms with Crippen LogP contribution in [-0.4, -0.2) is 34.3 Å². The van der Waals surface area contributed by atoms with E-state index in [1.165, 1.54) is 11.3 Å². The van der Waals surface area contributed by atoms with Crippen LogP contribution in [0.5, 0.6) is 0 Å². The number of rotatable bonds is 4. The highest BCUT2D eigenvalue weighted by Gasteiger charge is 2.35. The van der Waals surface area contributed by atoms with E-state index in [2.05, 4.69) is 24.1 Å². The smallest absolute Gasteiger partial charge is 0.231 e. The van der Waals surface area contributed by atoms with Crippen LogP contribution >= 0.6 is 11.3 Å². The van der Waals surface area contributed by atoms with Gasteiger partial charge in [0.1, 0.15) is 0 Å². The molecule has 6 heteroatoms. The van der Waals surface area contributed by atoms with Crippen LogP contribution in [0.4, 0.5) is 5.13 Å². The van der Waals surface area contributed by atoms with E-state index < -0.39 is 0 Å². The summed E-state index contributed by atoms with van der Waals surface area (Å²) in [4.78, 5) is 30.1. The van der Waals surface area contributed by atoms with Crippen LogP contribution in [0.15, 0.2) is 5.38 Å². The van der Waals surface area contributed by atoms with Crippen molar-refractivity contribution >= 4 is 28.3 Å². The quantitative estimate of drug-likeness (QED) is 0.928. The van der Waals surface area contributed by atoms with E-state index in [4.69, 9.17) is 0 Å². The lowest BCUT2D eigenvalue weighted by atomic mass is 10.1. The zero-order valence-electron chi connectivity index (χ0n) is 12.3. The minimum absolute atomic E-state index is 0.0576. The van der Waals surface area contributed by atoms with Gasteiger partial charge in [0.05, 0.1) is 11.6 Å². The molecule has 1 atom stereocenters. The third-order valence-electron chi connectivity index (χ3n) is 3.50. The summed E-state index contributed by atoms with van der Waals surface area (Å²) in [6, 6.07) is 0.146. The summed E-state index contributed by atoms with van der Waals surface area (Å²) in [6.45, 7) is 8.57.